The number of aliphatic imine (C=N–C) groups is 1. The van der Waals surface area contributed by atoms with Crippen LogP contribution in [-0.2, 0) is 14.9 Å². The Morgan fingerprint density at radius 1 is 1.14 bits per heavy atom. The van der Waals surface area contributed by atoms with Gasteiger partial charge in [0.25, 0.3) is 0 Å². The summed E-state index contributed by atoms with van der Waals surface area (Å²) in [7, 11) is 0. The molecule has 2 aliphatic heterocycles. The molecule has 0 radical (unpaired) electrons. The normalized spacial score (nSPS) is 27.0. The lowest BCUT2D eigenvalue weighted by atomic mass is 9.64. The molecule has 0 spiro atoms. The summed E-state index contributed by atoms with van der Waals surface area (Å²) in [5, 5.41) is 3.52. The van der Waals surface area contributed by atoms with Crippen molar-refractivity contribution in [2.24, 2.45) is 4.99 Å². The molecule has 3 fully saturated rings. The molecule has 5 nitrogen and oxygen atoms in total. The summed E-state index contributed by atoms with van der Waals surface area (Å²) < 4.78 is 11.9. The predicted octanol–water partition coefficient (Wildman–Crippen LogP) is 3.57. The van der Waals surface area contributed by atoms with Crippen LogP contribution < -0.4 is 5.32 Å². The number of benzene rings is 1. The van der Waals surface area contributed by atoms with Gasteiger partial charge in [-0.1, -0.05) is 36.8 Å². The van der Waals surface area contributed by atoms with E-state index in [1.807, 2.05) is 0 Å². The van der Waals surface area contributed by atoms with Gasteiger partial charge in [-0.15, -0.1) is 24.0 Å². The van der Waals surface area contributed by atoms with Crippen LogP contribution in [0, 0.1) is 0 Å². The highest BCUT2D eigenvalue weighted by Crippen LogP contribution is 2.43. The Balaban J connectivity index is 0.00000225. The molecule has 2 atom stereocenters. The van der Waals surface area contributed by atoms with Gasteiger partial charge in [-0.25, -0.2) is 0 Å². The number of rotatable bonds is 5. The topological polar surface area (TPSA) is 46.1 Å². The van der Waals surface area contributed by atoms with Crippen molar-refractivity contribution in [3.8, 4) is 0 Å². The zero-order valence-electron chi connectivity index (χ0n) is 16.9. The van der Waals surface area contributed by atoms with E-state index in [1.165, 1.54) is 24.8 Å². The van der Waals surface area contributed by atoms with Gasteiger partial charge in [0.05, 0.1) is 19.3 Å². The Kier molecular flexibility index (Phi) is 8.00. The fourth-order valence-electron chi connectivity index (χ4n) is 4.57. The minimum Gasteiger partial charge on any atom is -0.375 e. The molecule has 1 N–H and O–H groups in total. The first-order chi connectivity index (χ1) is 13.3. The van der Waals surface area contributed by atoms with Crippen molar-refractivity contribution < 1.29 is 9.47 Å². The van der Waals surface area contributed by atoms with Crippen LogP contribution in [-0.4, -0.2) is 62.5 Å². The number of nitrogens with zero attached hydrogens (tertiary/aromatic N) is 2. The van der Waals surface area contributed by atoms with Crippen LogP contribution in [0.2, 0.25) is 0 Å². The molecule has 2 saturated heterocycles. The summed E-state index contributed by atoms with van der Waals surface area (Å²) in [6.07, 6.45) is 6.46. The average Bonchev–Trinajstić information content (AvgIpc) is 3.22. The lowest BCUT2D eigenvalue weighted by Crippen LogP contribution is -2.53. The van der Waals surface area contributed by atoms with E-state index in [0.717, 1.165) is 58.2 Å². The van der Waals surface area contributed by atoms with E-state index in [4.69, 9.17) is 14.5 Å². The van der Waals surface area contributed by atoms with Crippen molar-refractivity contribution in [3.05, 3.63) is 35.9 Å². The highest BCUT2D eigenvalue weighted by atomic mass is 127. The lowest BCUT2D eigenvalue weighted by Gasteiger charge is -2.42. The second-order valence-electron chi connectivity index (χ2n) is 8.08. The maximum Gasteiger partial charge on any atom is 0.194 e. The number of hydrogen-bond acceptors (Lipinski definition) is 3. The van der Waals surface area contributed by atoms with E-state index in [0.29, 0.717) is 0 Å². The second kappa shape index (κ2) is 10.3. The summed E-state index contributed by atoms with van der Waals surface area (Å²) in [6.45, 7) is 7.28. The largest absolute Gasteiger partial charge is 0.375 e. The number of halogens is 1. The van der Waals surface area contributed by atoms with E-state index in [2.05, 4.69) is 47.5 Å². The molecule has 28 heavy (non-hydrogen) atoms. The summed E-state index contributed by atoms with van der Waals surface area (Å²) in [5.41, 5.74) is 1.66. The molecule has 1 aliphatic carbocycles. The van der Waals surface area contributed by atoms with Gasteiger partial charge in [0.15, 0.2) is 5.96 Å². The molecule has 0 aromatic heterocycles. The number of morpholine rings is 1. The fraction of sp³-hybridized carbons (Fsp3) is 0.682. The molecule has 0 amide bonds. The maximum absolute atomic E-state index is 6.02. The highest BCUT2D eigenvalue weighted by Gasteiger charge is 2.39. The van der Waals surface area contributed by atoms with Crippen LogP contribution in [0.25, 0.3) is 0 Å². The van der Waals surface area contributed by atoms with Gasteiger partial charge in [-0.3, -0.25) is 4.99 Å². The molecule has 2 unspecified atom stereocenters. The first-order valence-electron chi connectivity index (χ1n) is 10.6. The summed E-state index contributed by atoms with van der Waals surface area (Å²) >= 11 is 0. The van der Waals surface area contributed by atoms with Gasteiger partial charge in [0.1, 0.15) is 6.10 Å². The minimum absolute atomic E-state index is 0. The van der Waals surface area contributed by atoms with E-state index >= 15 is 0 Å². The molecule has 4 rings (SSSR count). The lowest BCUT2D eigenvalue weighted by molar-refractivity contribution is -0.0817. The summed E-state index contributed by atoms with van der Waals surface area (Å²) in [6, 6.07) is 10.9. The Morgan fingerprint density at radius 2 is 1.93 bits per heavy atom. The summed E-state index contributed by atoms with van der Waals surface area (Å²) in [4.78, 5) is 7.48. The molecular formula is C22H34IN3O2. The zero-order chi connectivity index (χ0) is 18.5. The van der Waals surface area contributed by atoms with Crippen molar-refractivity contribution >= 4 is 29.9 Å². The van der Waals surface area contributed by atoms with Crippen LogP contribution in [0.4, 0.5) is 0 Å². The molecule has 156 valence electrons. The molecule has 0 bridgehead atoms. The standard InChI is InChI=1S/C22H33N3O2.HI/c1-2-23-21(25-13-15-27-20(16-25)19-10-6-14-26-19)24-17-22(11-7-12-22)18-8-4-3-5-9-18;/h3-5,8-9,19-20H,2,6-7,10-17H2,1H3,(H,23,24);1H. The molecular weight excluding hydrogens is 465 g/mol. The Bertz CT molecular complexity index is 630. The number of hydrogen-bond donors (Lipinski definition) is 1. The zero-order valence-corrected chi connectivity index (χ0v) is 19.3. The van der Waals surface area contributed by atoms with Crippen molar-refractivity contribution in [2.75, 3.05) is 39.4 Å². The fourth-order valence-corrected chi connectivity index (χ4v) is 4.57. The van der Waals surface area contributed by atoms with Crippen LogP contribution in [0.15, 0.2) is 35.3 Å². The van der Waals surface area contributed by atoms with Gasteiger partial charge in [0, 0.05) is 31.7 Å². The monoisotopic (exact) mass is 499 g/mol. The first kappa shape index (κ1) is 21.8. The minimum atomic E-state index is 0. The smallest absolute Gasteiger partial charge is 0.194 e. The Hall–Kier alpha value is -0.860. The molecule has 1 saturated carbocycles. The van der Waals surface area contributed by atoms with E-state index < -0.39 is 0 Å². The maximum atomic E-state index is 6.02. The molecule has 2 heterocycles. The molecule has 1 aromatic rings. The van der Waals surface area contributed by atoms with Crippen LogP contribution in [0.1, 0.15) is 44.6 Å². The molecule has 6 heteroatoms. The van der Waals surface area contributed by atoms with Gasteiger partial charge >= 0.3 is 0 Å². The third-order valence-corrected chi connectivity index (χ3v) is 6.34. The van der Waals surface area contributed by atoms with Crippen molar-refractivity contribution in [1.82, 2.24) is 10.2 Å². The van der Waals surface area contributed by atoms with Gasteiger partial charge in [-0.2, -0.15) is 0 Å². The second-order valence-corrected chi connectivity index (χ2v) is 8.08. The van der Waals surface area contributed by atoms with Crippen molar-refractivity contribution in [2.45, 2.75) is 56.7 Å². The Labute approximate surface area is 186 Å². The van der Waals surface area contributed by atoms with E-state index in [1.54, 1.807) is 0 Å². The molecule has 1 aromatic carbocycles. The predicted molar refractivity (Wildman–Crippen MR) is 124 cm³/mol. The van der Waals surface area contributed by atoms with Gasteiger partial charge in [0.2, 0.25) is 0 Å². The van der Waals surface area contributed by atoms with Crippen molar-refractivity contribution in [3.63, 3.8) is 0 Å². The van der Waals surface area contributed by atoms with Crippen LogP contribution >= 0.6 is 24.0 Å². The SMILES string of the molecule is CCNC(=NCC1(c2ccccc2)CCC1)N1CCOC(C2CCCO2)C1.I. The quantitative estimate of drug-likeness (QED) is 0.383. The first-order valence-corrected chi connectivity index (χ1v) is 10.6. The van der Waals surface area contributed by atoms with Crippen LogP contribution in [0.5, 0.6) is 0 Å². The highest BCUT2D eigenvalue weighted by molar-refractivity contribution is 14.0. The van der Waals surface area contributed by atoms with Crippen molar-refractivity contribution in [1.29, 1.82) is 0 Å². The number of ether oxygens (including phenoxy) is 2. The van der Waals surface area contributed by atoms with Crippen LogP contribution in [0.3, 0.4) is 0 Å². The van der Waals surface area contributed by atoms with Gasteiger partial charge in [-0.05, 0) is 38.2 Å². The van der Waals surface area contributed by atoms with E-state index in [9.17, 15) is 0 Å². The third kappa shape index (κ3) is 4.82. The number of guanidine groups is 1. The average molecular weight is 499 g/mol. The summed E-state index contributed by atoms with van der Waals surface area (Å²) in [5.74, 6) is 1.03. The van der Waals surface area contributed by atoms with E-state index in [-0.39, 0.29) is 41.6 Å². The number of nitrogens with one attached hydrogen (secondary N) is 1. The Morgan fingerprint density at radius 3 is 2.57 bits per heavy atom. The molecule has 3 aliphatic rings. The van der Waals surface area contributed by atoms with Gasteiger partial charge < -0.3 is 19.7 Å². The third-order valence-electron chi connectivity index (χ3n) is 6.34.